The van der Waals surface area contributed by atoms with Crippen molar-refractivity contribution in [1.82, 2.24) is 20.2 Å². The number of aromatic amines is 1. The number of nitrogens with one attached hydrogen (secondary N) is 3. The van der Waals surface area contributed by atoms with Crippen molar-refractivity contribution in [3.05, 3.63) is 72.9 Å². The van der Waals surface area contributed by atoms with E-state index in [4.69, 9.17) is 27.8 Å². The molecule has 58 heavy (non-hydrogen) atoms. The monoisotopic (exact) mass is 853 g/mol. The third-order valence-corrected chi connectivity index (χ3v) is 10.3. The van der Waals surface area contributed by atoms with Gasteiger partial charge in [-0.1, -0.05) is 49.8 Å². The minimum atomic E-state index is -4.53. The molecule has 1 unspecified atom stereocenters. The van der Waals surface area contributed by atoms with Gasteiger partial charge >= 0.3 is 25.7 Å². The van der Waals surface area contributed by atoms with Crippen molar-refractivity contribution < 1.29 is 51.5 Å². The Morgan fingerprint density at radius 3 is 2.22 bits per heavy atom. The van der Waals surface area contributed by atoms with Crippen LogP contribution in [0.5, 0.6) is 5.75 Å². The maximum atomic E-state index is 14.1. The first-order valence-electron chi connectivity index (χ1n) is 18.2. The molecule has 1 aromatic carbocycles. The lowest BCUT2D eigenvalue weighted by molar-refractivity contribution is -0.122. The van der Waals surface area contributed by atoms with E-state index in [9.17, 15) is 38.9 Å². The number of carbonyl (C=O) groups excluding carboxylic acids is 4. The second-order valence-corrected chi connectivity index (χ2v) is 18.9. The quantitative estimate of drug-likeness (QED) is 0.0626. The summed E-state index contributed by atoms with van der Waals surface area (Å²) in [5.74, 6) is -0.779. The summed E-state index contributed by atoms with van der Waals surface area (Å²) in [5, 5.41) is 8.21. The molecule has 22 heteroatoms. The number of hydrogen-bond acceptors (Lipinski definition) is 15. The van der Waals surface area contributed by atoms with Crippen LogP contribution in [0.15, 0.2) is 45.2 Å². The van der Waals surface area contributed by atoms with Crippen molar-refractivity contribution >= 4 is 42.8 Å². The van der Waals surface area contributed by atoms with Gasteiger partial charge < -0.3 is 24.1 Å². The van der Waals surface area contributed by atoms with Gasteiger partial charge in [0.05, 0.1) is 25.4 Å². The van der Waals surface area contributed by atoms with Gasteiger partial charge in [0.25, 0.3) is 11.5 Å². The van der Waals surface area contributed by atoms with Gasteiger partial charge in [0.1, 0.15) is 29.2 Å². The zero-order valence-electron chi connectivity index (χ0n) is 34.2. The summed E-state index contributed by atoms with van der Waals surface area (Å²) in [5.41, 5.74) is 6.19. The molecule has 0 radical (unpaired) electrons. The molecule has 1 fully saturated rings. The number of aromatic nitrogens is 2. The first-order valence-corrected chi connectivity index (χ1v) is 20.6. The number of amides is 3. The van der Waals surface area contributed by atoms with Crippen molar-refractivity contribution in [2.45, 2.75) is 118 Å². The number of phosphoric ester groups is 1. The molecule has 2 heterocycles. The summed E-state index contributed by atoms with van der Waals surface area (Å²) in [7, 11) is -4.53. The zero-order chi connectivity index (χ0) is 43.6. The highest BCUT2D eigenvalue weighted by Gasteiger charge is 2.40. The molecule has 0 aliphatic carbocycles. The van der Waals surface area contributed by atoms with Crippen LogP contribution < -0.4 is 26.4 Å². The van der Waals surface area contributed by atoms with Crippen LogP contribution in [0.2, 0.25) is 0 Å². The second-order valence-electron chi connectivity index (χ2n) is 16.2. The Labute approximate surface area is 339 Å². The van der Waals surface area contributed by atoms with E-state index in [0.717, 1.165) is 16.3 Å². The largest absolute Gasteiger partial charge is 0.530 e. The number of hydrogen-bond donors (Lipinski definition) is 3. The summed E-state index contributed by atoms with van der Waals surface area (Å²) < 4.78 is 48.8. The van der Waals surface area contributed by atoms with Gasteiger partial charge in [-0.25, -0.2) is 18.9 Å². The van der Waals surface area contributed by atoms with Crippen molar-refractivity contribution in [3.63, 3.8) is 0 Å². The van der Waals surface area contributed by atoms with Crippen molar-refractivity contribution in [2.75, 3.05) is 19.0 Å². The molecule has 1 aliphatic heterocycles. The first-order chi connectivity index (χ1) is 26.8. The molecule has 3 rings (SSSR count). The van der Waals surface area contributed by atoms with Gasteiger partial charge in [0.2, 0.25) is 0 Å². The SMILES string of the molecule is Cc1cn([C@H]2C[C@H](N=[N+]=[N-])[C@@H](COP(=O)(OCCSC(=O)C(C)(C)C)Oc3ccc(C[C@H](NC(=O)OC(C)(C)C)C(=O)NC(=O)OC(C)(C)C)cc3)O2)c(=O)[nH]c1=O. The van der Waals surface area contributed by atoms with Crippen LogP contribution >= 0.6 is 19.6 Å². The average molecular weight is 854 g/mol. The number of alkyl carbamates (subject to hydrolysis) is 2. The topological polar surface area (TPSA) is 268 Å². The van der Waals surface area contributed by atoms with E-state index >= 15 is 0 Å². The summed E-state index contributed by atoms with van der Waals surface area (Å²) in [6.45, 7) is 15.8. The standard InChI is InChI=1S/C36H52N7O13PS/c1-21-19-43(31(47)39-28(21)44)27-18-24(41-42-37)26(53-27)20-52-57(50,51-15-16-58-30(46)34(2,3)4)56-23-13-11-22(12-14-23)17-25(38-32(48)54-35(5,6)7)29(45)40-33(49)55-36(8,9)10/h11-14,19,24-27H,15-18,20H2,1-10H3,(H,38,48)(H,39,44,47)(H,40,45,49)/t24-,25-,26+,27+,57?/m0/s1. The number of ether oxygens (including phenoxy) is 3. The normalized spacial score (nSPS) is 18.6. The molecule has 0 spiro atoms. The number of benzene rings is 1. The highest BCUT2D eigenvalue weighted by Crippen LogP contribution is 2.50. The number of rotatable bonds is 15. The Morgan fingerprint density at radius 2 is 1.64 bits per heavy atom. The van der Waals surface area contributed by atoms with E-state index in [1.165, 1.54) is 37.4 Å². The molecule has 3 amide bonds. The molecular weight excluding hydrogens is 801 g/mol. The van der Waals surface area contributed by atoms with Gasteiger partial charge in [-0.05, 0) is 71.7 Å². The van der Waals surface area contributed by atoms with E-state index in [1.807, 2.05) is 0 Å². The lowest BCUT2D eigenvalue weighted by Crippen LogP contribution is -2.51. The molecular formula is C36H52N7O13PS. The summed E-state index contributed by atoms with van der Waals surface area (Å²) in [4.78, 5) is 80.1. The molecule has 3 N–H and O–H groups in total. The van der Waals surface area contributed by atoms with Crippen LogP contribution in [0.25, 0.3) is 10.4 Å². The van der Waals surface area contributed by atoms with Crippen LogP contribution in [0.1, 0.15) is 86.1 Å². The Kier molecular flexibility index (Phi) is 16.3. The predicted molar refractivity (Wildman–Crippen MR) is 212 cm³/mol. The minimum Gasteiger partial charge on any atom is -0.444 e. The molecule has 1 saturated heterocycles. The van der Waals surface area contributed by atoms with Crippen molar-refractivity contribution in [2.24, 2.45) is 10.5 Å². The number of azide groups is 1. The molecule has 0 bridgehead atoms. The van der Waals surface area contributed by atoms with Crippen LogP contribution in [-0.4, -0.2) is 81.1 Å². The molecule has 1 aliphatic rings. The molecule has 320 valence electrons. The molecule has 2 aromatic rings. The van der Waals surface area contributed by atoms with Crippen LogP contribution in [0, 0.1) is 12.3 Å². The second kappa shape index (κ2) is 19.9. The van der Waals surface area contributed by atoms with E-state index in [0.29, 0.717) is 5.56 Å². The number of phosphoric acid groups is 1. The van der Waals surface area contributed by atoms with E-state index in [2.05, 4.69) is 25.6 Å². The Hall–Kier alpha value is -4.65. The van der Waals surface area contributed by atoms with Crippen LogP contribution in [0.3, 0.4) is 0 Å². The van der Waals surface area contributed by atoms with Gasteiger partial charge in [0.15, 0.2) is 5.12 Å². The number of thioether (sulfide) groups is 1. The fraction of sp³-hybridized carbons (Fsp3) is 0.611. The Balaban J connectivity index is 1.82. The summed E-state index contributed by atoms with van der Waals surface area (Å²) in [6, 6.07) is 3.63. The first kappa shape index (κ1) is 47.7. The maximum absolute atomic E-state index is 14.1. The highest BCUT2D eigenvalue weighted by atomic mass is 32.2. The van der Waals surface area contributed by atoms with E-state index in [-0.39, 0.29) is 41.6 Å². The third-order valence-electron chi connectivity index (χ3n) is 7.65. The van der Waals surface area contributed by atoms with Gasteiger partial charge in [-0.3, -0.25) is 38.3 Å². The number of H-pyrrole nitrogens is 1. The predicted octanol–water partition coefficient (Wildman–Crippen LogP) is 5.82. The fourth-order valence-corrected chi connectivity index (χ4v) is 7.09. The number of carbonyl (C=O) groups is 4. The lowest BCUT2D eigenvalue weighted by atomic mass is 10.00. The van der Waals surface area contributed by atoms with Gasteiger partial charge in [0, 0.05) is 40.7 Å². The fourth-order valence-electron chi connectivity index (χ4n) is 4.98. The smallest absolute Gasteiger partial charge is 0.444 e. The lowest BCUT2D eigenvalue weighted by Gasteiger charge is -2.24. The average Bonchev–Trinajstić information content (AvgIpc) is 3.48. The molecule has 20 nitrogen and oxygen atoms in total. The molecule has 1 aromatic heterocycles. The maximum Gasteiger partial charge on any atom is 0.530 e. The summed E-state index contributed by atoms with van der Waals surface area (Å²) in [6.07, 6.45) is -2.74. The number of nitrogens with zero attached hydrogens (tertiary/aromatic N) is 4. The Morgan fingerprint density at radius 1 is 1.02 bits per heavy atom. The van der Waals surface area contributed by atoms with Gasteiger partial charge in [-0.15, -0.1) is 0 Å². The Bertz CT molecular complexity index is 2010. The van der Waals surface area contributed by atoms with Crippen LogP contribution in [-0.2, 0) is 43.8 Å². The highest BCUT2D eigenvalue weighted by molar-refractivity contribution is 8.13. The minimum absolute atomic E-state index is 0.00700. The molecule has 0 saturated carbocycles. The number of imide groups is 1. The van der Waals surface area contributed by atoms with Gasteiger partial charge in [-0.2, -0.15) is 0 Å². The van der Waals surface area contributed by atoms with Crippen molar-refractivity contribution in [3.8, 4) is 5.75 Å². The van der Waals surface area contributed by atoms with E-state index in [1.54, 1.807) is 62.3 Å². The van der Waals surface area contributed by atoms with Crippen LogP contribution in [0.4, 0.5) is 9.59 Å². The molecule has 5 atom stereocenters. The van der Waals surface area contributed by atoms with Crippen molar-refractivity contribution in [1.29, 1.82) is 0 Å². The zero-order valence-corrected chi connectivity index (χ0v) is 35.9. The third kappa shape index (κ3) is 15.6. The number of aryl methyl sites for hydroxylation is 1. The van der Waals surface area contributed by atoms with E-state index < -0.39 is 84.8 Å². The summed E-state index contributed by atoms with van der Waals surface area (Å²) >= 11 is 0.971.